The van der Waals surface area contributed by atoms with E-state index in [2.05, 4.69) is 46.8 Å². The number of pyridine rings is 1. The molecule has 0 unspecified atom stereocenters. The van der Waals surface area contributed by atoms with Crippen molar-refractivity contribution in [1.82, 2.24) is 10.3 Å². The van der Waals surface area contributed by atoms with Crippen molar-refractivity contribution >= 4 is 23.1 Å². The van der Waals surface area contributed by atoms with E-state index >= 15 is 0 Å². The van der Waals surface area contributed by atoms with Crippen molar-refractivity contribution in [2.45, 2.75) is 12.8 Å². The van der Waals surface area contributed by atoms with E-state index in [1.165, 1.54) is 5.56 Å². The van der Waals surface area contributed by atoms with Gasteiger partial charge in [0, 0.05) is 12.7 Å². The molecule has 98 valence electrons. The van der Waals surface area contributed by atoms with Crippen LogP contribution in [0.2, 0.25) is 0 Å². The predicted molar refractivity (Wildman–Crippen MR) is 83.3 cm³/mol. The van der Waals surface area contributed by atoms with E-state index in [1.807, 2.05) is 24.3 Å². The number of thiocarbonyl (C=S) groups is 1. The number of hydrogen-bond donors (Lipinski definition) is 2. The normalized spacial score (nSPS) is 11.6. The SMILES string of the molecule is C[C@H](CNC(=S)Nc1ccccn1)c1ccccc1. The molecule has 0 saturated carbocycles. The maximum atomic E-state index is 5.24. The average molecular weight is 271 g/mol. The van der Waals surface area contributed by atoms with E-state index in [1.54, 1.807) is 6.20 Å². The summed E-state index contributed by atoms with van der Waals surface area (Å²) < 4.78 is 0. The molecular weight excluding hydrogens is 254 g/mol. The van der Waals surface area contributed by atoms with E-state index in [0.717, 1.165) is 12.4 Å². The van der Waals surface area contributed by atoms with E-state index < -0.39 is 0 Å². The van der Waals surface area contributed by atoms with Gasteiger partial charge in [-0.3, -0.25) is 0 Å². The average Bonchev–Trinajstić information content (AvgIpc) is 2.47. The van der Waals surface area contributed by atoms with Crippen LogP contribution in [0.15, 0.2) is 54.7 Å². The lowest BCUT2D eigenvalue weighted by Gasteiger charge is -2.15. The number of benzene rings is 1. The second kappa shape index (κ2) is 6.85. The molecule has 0 aliphatic heterocycles. The van der Waals surface area contributed by atoms with Gasteiger partial charge in [0.25, 0.3) is 0 Å². The Morgan fingerprint density at radius 1 is 1.16 bits per heavy atom. The summed E-state index contributed by atoms with van der Waals surface area (Å²) in [5, 5.41) is 6.87. The van der Waals surface area contributed by atoms with Crippen LogP contribution in [0.25, 0.3) is 0 Å². The molecule has 2 rings (SSSR count). The van der Waals surface area contributed by atoms with Gasteiger partial charge in [0.2, 0.25) is 0 Å². The minimum Gasteiger partial charge on any atom is -0.362 e. The second-order valence-electron chi connectivity index (χ2n) is 4.36. The van der Waals surface area contributed by atoms with Gasteiger partial charge in [-0.25, -0.2) is 4.98 Å². The van der Waals surface area contributed by atoms with Gasteiger partial charge >= 0.3 is 0 Å². The monoisotopic (exact) mass is 271 g/mol. The minimum atomic E-state index is 0.407. The Labute approximate surface area is 119 Å². The molecule has 4 heteroatoms. The summed E-state index contributed by atoms with van der Waals surface area (Å²) in [6.45, 7) is 2.97. The largest absolute Gasteiger partial charge is 0.362 e. The third kappa shape index (κ3) is 4.34. The maximum absolute atomic E-state index is 5.24. The fraction of sp³-hybridized carbons (Fsp3) is 0.200. The van der Waals surface area contributed by atoms with Crippen LogP contribution < -0.4 is 10.6 Å². The topological polar surface area (TPSA) is 37.0 Å². The quantitative estimate of drug-likeness (QED) is 0.838. The summed E-state index contributed by atoms with van der Waals surface area (Å²) in [6, 6.07) is 16.1. The molecule has 1 atom stereocenters. The third-order valence-electron chi connectivity index (χ3n) is 2.84. The van der Waals surface area contributed by atoms with E-state index in [0.29, 0.717) is 11.0 Å². The summed E-state index contributed by atoms with van der Waals surface area (Å²) in [4.78, 5) is 4.17. The van der Waals surface area contributed by atoms with Crippen molar-refractivity contribution in [3.63, 3.8) is 0 Å². The van der Waals surface area contributed by atoms with Crippen molar-refractivity contribution in [2.24, 2.45) is 0 Å². The number of nitrogens with one attached hydrogen (secondary N) is 2. The Kier molecular flexibility index (Phi) is 4.86. The van der Waals surface area contributed by atoms with E-state index in [9.17, 15) is 0 Å². The zero-order chi connectivity index (χ0) is 13.5. The van der Waals surface area contributed by atoms with E-state index in [4.69, 9.17) is 12.2 Å². The molecular formula is C15H17N3S. The lowest BCUT2D eigenvalue weighted by molar-refractivity contribution is 0.723. The molecule has 1 aromatic heterocycles. The molecule has 0 spiro atoms. The van der Waals surface area contributed by atoms with Gasteiger partial charge in [-0.05, 0) is 35.8 Å². The molecule has 2 aromatic rings. The van der Waals surface area contributed by atoms with Gasteiger partial charge in [-0.15, -0.1) is 0 Å². The van der Waals surface area contributed by atoms with Crippen molar-refractivity contribution in [3.8, 4) is 0 Å². The molecule has 1 aromatic carbocycles. The zero-order valence-electron chi connectivity index (χ0n) is 10.8. The minimum absolute atomic E-state index is 0.407. The molecule has 0 bridgehead atoms. The second-order valence-corrected chi connectivity index (χ2v) is 4.77. The number of aromatic nitrogens is 1. The first-order valence-electron chi connectivity index (χ1n) is 6.26. The molecule has 0 aliphatic rings. The van der Waals surface area contributed by atoms with Gasteiger partial charge in [0.05, 0.1) is 0 Å². The first kappa shape index (κ1) is 13.5. The third-order valence-corrected chi connectivity index (χ3v) is 3.09. The zero-order valence-corrected chi connectivity index (χ0v) is 11.7. The molecule has 2 N–H and O–H groups in total. The number of rotatable bonds is 4. The van der Waals surface area contributed by atoms with Crippen LogP contribution in [-0.2, 0) is 0 Å². The summed E-state index contributed by atoms with van der Waals surface area (Å²) in [7, 11) is 0. The molecule has 3 nitrogen and oxygen atoms in total. The van der Waals surface area contributed by atoms with Crippen LogP contribution in [-0.4, -0.2) is 16.6 Å². The van der Waals surface area contributed by atoms with Crippen LogP contribution in [0, 0.1) is 0 Å². The number of hydrogen-bond acceptors (Lipinski definition) is 2. The van der Waals surface area contributed by atoms with Gasteiger partial charge in [-0.2, -0.15) is 0 Å². The molecule has 0 aliphatic carbocycles. The first-order chi connectivity index (χ1) is 9.25. The highest BCUT2D eigenvalue weighted by molar-refractivity contribution is 7.80. The van der Waals surface area contributed by atoms with Gasteiger partial charge in [0.15, 0.2) is 5.11 Å². The highest BCUT2D eigenvalue weighted by Crippen LogP contribution is 2.13. The van der Waals surface area contributed by atoms with Crippen LogP contribution in [0.5, 0.6) is 0 Å². The Hall–Kier alpha value is -1.94. The lowest BCUT2D eigenvalue weighted by atomic mass is 10.0. The molecule has 0 amide bonds. The summed E-state index contributed by atoms with van der Waals surface area (Å²) >= 11 is 5.24. The maximum Gasteiger partial charge on any atom is 0.171 e. The van der Waals surface area contributed by atoms with Gasteiger partial charge in [0.1, 0.15) is 5.82 Å². The lowest BCUT2D eigenvalue weighted by Crippen LogP contribution is -2.31. The molecule has 0 saturated heterocycles. The molecule has 0 radical (unpaired) electrons. The Morgan fingerprint density at radius 3 is 2.58 bits per heavy atom. The molecule has 19 heavy (non-hydrogen) atoms. The highest BCUT2D eigenvalue weighted by atomic mass is 32.1. The van der Waals surface area contributed by atoms with Crippen LogP contribution in [0.4, 0.5) is 5.82 Å². The van der Waals surface area contributed by atoms with Crippen molar-refractivity contribution < 1.29 is 0 Å². The number of nitrogens with zero attached hydrogens (tertiary/aromatic N) is 1. The Morgan fingerprint density at radius 2 is 1.89 bits per heavy atom. The van der Waals surface area contributed by atoms with Crippen molar-refractivity contribution in [2.75, 3.05) is 11.9 Å². The van der Waals surface area contributed by atoms with Crippen molar-refractivity contribution in [3.05, 3.63) is 60.3 Å². The smallest absolute Gasteiger partial charge is 0.171 e. The van der Waals surface area contributed by atoms with E-state index in [-0.39, 0.29) is 0 Å². The van der Waals surface area contributed by atoms with Crippen LogP contribution in [0.1, 0.15) is 18.4 Å². The standard InChI is InChI=1S/C15H17N3S/c1-12(13-7-3-2-4-8-13)11-17-15(19)18-14-9-5-6-10-16-14/h2-10,12H,11H2,1H3,(H2,16,17,18,19)/t12-/m1/s1. The first-order valence-corrected chi connectivity index (χ1v) is 6.67. The fourth-order valence-electron chi connectivity index (χ4n) is 1.74. The Balaban J connectivity index is 1.81. The van der Waals surface area contributed by atoms with Crippen molar-refractivity contribution in [1.29, 1.82) is 0 Å². The molecule has 0 fully saturated rings. The van der Waals surface area contributed by atoms with Crippen LogP contribution in [0.3, 0.4) is 0 Å². The van der Waals surface area contributed by atoms with Crippen LogP contribution >= 0.6 is 12.2 Å². The predicted octanol–water partition coefficient (Wildman–Crippen LogP) is 3.17. The summed E-state index contributed by atoms with van der Waals surface area (Å²) in [6.07, 6.45) is 1.73. The summed E-state index contributed by atoms with van der Waals surface area (Å²) in [5.41, 5.74) is 1.30. The van der Waals surface area contributed by atoms with Gasteiger partial charge < -0.3 is 10.6 Å². The number of anilines is 1. The fourth-order valence-corrected chi connectivity index (χ4v) is 1.93. The van der Waals surface area contributed by atoms with Gasteiger partial charge in [-0.1, -0.05) is 43.3 Å². The molecule has 1 heterocycles. The highest BCUT2D eigenvalue weighted by Gasteiger charge is 2.05. The Bertz CT molecular complexity index is 513. The summed E-state index contributed by atoms with van der Waals surface area (Å²) in [5.74, 6) is 1.16.